The molecule has 0 saturated heterocycles. The molecule has 0 bridgehead atoms. The van der Waals surface area contributed by atoms with E-state index in [4.69, 9.17) is 16.3 Å². The maximum atomic E-state index is 12.3. The van der Waals surface area contributed by atoms with Crippen molar-refractivity contribution in [1.82, 2.24) is 5.32 Å². The number of rotatable bonds is 5. The smallest absolute Gasteiger partial charge is 0.261 e. The normalized spacial score (nSPS) is 13.3. The summed E-state index contributed by atoms with van der Waals surface area (Å²) < 4.78 is 5.64. The van der Waals surface area contributed by atoms with Crippen molar-refractivity contribution in [3.8, 4) is 5.75 Å². The van der Waals surface area contributed by atoms with Crippen LogP contribution in [-0.2, 0) is 4.79 Å². The highest BCUT2D eigenvalue weighted by atomic mass is 35.5. The highest BCUT2D eigenvalue weighted by Gasteiger charge is 2.18. The molecule has 1 N–H and O–H groups in total. The second-order valence-electron chi connectivity index (χ2n) is 5.79. The van der Waals surface area contributed by atoms with E-state index in [2.05, 4.69) is 31.3 Å². The van der Waals surface area contributed by atoms with Crippen molar-refractivity contribution in [3.63, 3.8) is 0 Å². The fourth-order valence-corrected chi connectivity index (χ4v) is 2.43. The van der Waals surface area contributed by atoms with Gasteiger partial charge in [0.2, 0.25) is 0 Å². The standard InChI is InChI=1S/C19H22ClNO2/c1-12-8-9-16(10-13(12)2)14(3)21-19(22)15(4)23-18-7-5-6-17(20)11-18/h5-11,14-15H,1-4H3,(H,21,22)/t14-,15+/m0/s1. The maximum absolute atomic E-state index is 12.3. The molecule has 0 heterocycles. The summed E-state index contributed by atoms with van der Waals surface area (Å²) in [6, 6.07) is 13.2. The lowest BCUT2D eigenvalue weighted by Crippen LogP contribution is -2.37. The van der Waals surface area contributed by atoms with E-state index in [1.165, 1.54) is 11.1 Å². The van der Waals surface area contributed by atoms with Gasteiger partial charge >= 0.3 is 0 Å². The number of ether oxygens (including phenoxy) is 1. The SMILES string of the molecule is Cc1ccc([C@H](C)NC(=O)[C@@H](C)Oc2cccc(Cl)c2)cc1C. The topological polar surface area (TPSA) is 38.3 Å². The predicted molar refractivity (Wildman–Crippen MR) is 94.0 cm³/mol. The second kappa shape index (κ2) is 7.51. The summed E-state index contributed by atoms with van der Waals surface area (Å²) in [5.41, 5.74) is 3.54. The molecular formula is C19H22ClNO2. The summed E-state index contributed by atoms with van der Waals surface area (Å²) in [5.74, 6) is 0.426. The molecule has 2 atom stereocenters. The van der Waals surface area contributed by atoms with Crippen LogP contribution in [-0.4, -0.2) is 12.0 Å². The first-order valence-corrected chi connectivity index (χ1v) is 8.04. The zero-order valence-electron chi connectivity index (χ0n) is 13.9. The van der Waals surface area contributed by atoms with Crippen LogP contribution >= 0.6 is 11.6 Å². The van der Waals surface area contributed by atoms with Crippen LogP contribution in [0.3, 0.4) is 0 Å². The molecule has 2 aromatic rings. The first-order chi connectivity index (χ1) is 10.9. The van der Waals surface area contributed by atoms with Gasteiger partial charge < -0.3 is 10.1 Å². The van der Waals surface area contributed by atoms with Gasteiger partial charge in [0, 0.05) is 5.02 Å². The van der Waals surface area contributed by atoms with Crippen LogP contribution in [0.25, 0.3) is 0 Å². The number of aryl methyl sites for hydroxylation is 2. The minimum Gasteiger partial charge on any atom is -0.481 e. The molecule has 0 unspecified atom stereocenters. The van der Waals surface area contributed by atoms with Gasteiger partial charge in [-0.2, -0.15) is 0 Å². The van der Waals surface area contributed by atoms with E-state index in [9.17, 15) is 4.79 Å². The molecule has 0 fully saturated rings. The lowest BCUT2D eigenvalue weighted by atomic mass is 10.0. The molecular weight excluding hydrogens is 310 g/mol. The summed E-state index contributed by atoms with van der Waals surface area (Å²) in [7, 11) is 0. The van der Waals surface area contributed by atoms with Crippen LogP contribution in [0, 0.1) is 13.8 Å². The highest BCUT2D eigenvalue weighted by molar-refractivity contribution is 6.30. The van der Waals surface area contributed by atoms with E-state index in [0.29, 0.717) is 10.8 Å². The number of hydrogen-bond donors (Lipinski definition) is 1. The van der Waals surface area contributed by atoms with E-state index < -0.39 is 6.10 Å². The third-order valence-electron chi connectivity index (χ3n) is 3.87. The Hall–Kier alpha value is -2.00. The fourth-order valence-electron chi connectivity index (χ4n) is 2.25. The molecule has 0 radical (unpaired) electrons. The highest BCUT2D eigenvalue weighted by Crippen LogP contribution is 2.20. The Labute approximate surface area is 142 Å². The summed E-state index contributed by atoms with van der Waals surface area (Å²) in [4.78, 5) is 12.3. The second-order valence-corrected chi connectivity index (χ2v) is 6.23. The minimum absolute atomic E-state index is 0.0767. The average molecular weight is 332 g/mol. The monoisotopic (exact) mass is 331 g/mol. The van der Waals surface area contributed by atoms with Gasteiger partial charge in [-0.05, 0) is 62.6 Å². The van der Waals surface area contributed by atoms with Crippen LogP contribution < -0.4 is 10.1 Å². The molecule has 1 amide bonds. The molecule has 0 aliphatic rings. The Kier molecular flexibility index (Phi) is 5.67. The third-order valence-corrected chi connectivity index (χ3v) is 4.10. The number of hydrogen-bond acceptors (Lipinski definition) is 2. The van der Waals surface area contributed by atoms with Crippen LogP contribution in [0.15, 0.2) is 42.5 Å². The molecule has 0 saturated carbocycles. The summed E-state index contributed by atoms with van der Waals surface area (Å²) in [5, 5.41) is 3.56. The number of carbonyl (C=O) groups excluding carboxylic acids is 1. The van der Waals surface area contributed by atoms with E-state index in [-0.39, 0.29) is 11.9 Å². The maximum Gasteiger partial charge on any atom is 0.261 e. The number of amides is 1. The molecule has 2 rings (SSSR count). The molecule has 0 aliphatic heterocycles. The zero-order chi connectivity index (χ0) is 17.0. The summed E-state index contributed by atoms with van der Waals surface area (Å²) in [6.07, 6.45) is -0.595. The number of nitrogens with one attached hydrogen (secondary N) is 1. The molecule has 3 nitrogen and oxygen atoms in total. The number of halogens is 1. The van der Waals surface area contributed by atoms with E-state index >= 15 is 0 Å². The fraction of sp³-hybridized carbons (Fsp3) is 0.316. The van der Waals surface area contributed by atoms with Crippen molar-refractivity contribution >= 4 is 17.5 Å². The van der Waals surface area contributed by atoms with Crippen molar-refractivity contribution in [1.29, 1.82) is 0 Å². The zero-order valence-corrected chi connectivity index (χ0v) is 14.6. The van der Waals surface area contributed by atoms with Crippen LogP contribution in [0.2, 0.25) is 5.02 Å². The lowest BCUT2D eigenvalue weighted by Gasteiger charge is -2.19. The third kappa shape index (κ3) is 4.73. The van der Waals surface area contributed by atoms with Gasteiger partial charge in [0.25, 0.3) is 5.91 Å². The van der Waals surface area contributed by atoms with Crippen molar-refractivity contribution in [3.05, 3.63) is 64.2 Å². The van der Waals surface area contributed by atoms with E-state index in [0.717, 1.165) is 5.56 Å². The van der Waals surface area contributed by atoms with E-state index in [1.54, 1.807) is 31.2 Å². The Morgan fingerprint density at radius 3 is 2.48 bits per heavy atom. The van der Waals surface area contributed by atoms with Crippen molar-refractivity contribution in [2.75, 3.05) is 0 Å². The Balaban J connectivity index is 1.98. The van der Waals surface area contributed by atoms with Gasteiger partial charge in [-0.3, -0.25) is 4.79 Å². The van der Waals surface area contributed by atoms with Crippen LogP contribution in [0.1, 0.15) is 36.6 Å². The molecule has 0 aliphatic carbocycles. The van der Waals surface area contributed by atoms with Gasteiger partial charge in [-0.25, -0.2) is 0 Å². The Morgan fingerprint density at radius 1 is 1.09 bits per heavy atom. The summed E-state index contributed by atoms with van der Waals surface area (Å²) >= 11 is 5.92. The average Bonchev–Trinajstić information content (AvgIpc) is 2.49. The predicted octanol–water partition coefficient (Wildman–Crippen LogP) is 4.60. The summed E-state index contributed by atoms with van der Waals surface area (Å²) in [6.45, 7) is 7.83. The van der Waals surface area contributed by atoms with Crippen LogP contribution in [0.4, 0.5) is 0 Å². The van der Waals surface area contributed by atoms with Crippen LogP contribution in [0.5, 0.6) is 5.75 Å². The Bertz CT molecular complexity index is 700. The first kappa shape index (κ1) is 17.4. The van der Waals surface area contributed by atoms with Gasteiger partial charge in [0.1, 0.15) is 5.75 Å². The minimum atomic E-state index is -0.595. The first-order valence-electron chi connectivity index (χ1n) is 7.66. The Morgan fingerprint density at radius 2 is 1.83 bits per heavy atom. The van der Waals surface area contributed by atoms with Gasteiger partial charge in [-0.15, -0.1) is 0 Å². The lowest BCUT2D eigenvalue weighted by molar-refractivity contribution is -0.127. The number of carbonyl (C=O) groups is 1. The van der Waals surface area contributed by atoms with Crippen molar-refractivity contribution in [2.45, 2.75) is 39.8 Å². The molecule has 0 aromatic heterocycles. The van der Waals surface area contributed by atoms with E-state index in [1.807, 2.05) is 13.0 Å². The van der Waals surface area contributed by atoms with Gasteiger partial charge in [0.05, 0.1) is 6.04 Å². The molecule has 2 aromatic carbocycles. The van der Waals surface area contributed by atoms with Crippen molar-refractivity contribution in [2.24, 2.45) is 0 Å². The van der Waals surface area contributed by atoms with Crippen molar-refractivity contribution < 1.29 is 9.53 Å². The molecule has 23 heavy (non-hydrogen) atoms. The van der Waals surface area contributed by atoms with Gasteiger partial charge in [0.15, 0.2) is 6.10 Å². The molecule has 0 spiro atoms. The molecule has 4 heteroatoms. The van der Waals surface area contributed by atoms with Gasteiger partial charge in [-0.1, -0.05) is 35.9 Å². The molecule has 122 valence electrons. The number of benzene rings is 2. The quantitative estimate of drug-likeness (QED) is 0.869. The largest absolute Gasteiger partial charge is 0.481 e.